The van der Waals surface area contributed by atoms with Crippen molar-refractivity contribution < 1.29 is 13.2 Å². The summed E-state index contributed by atoms with van der Waals surface area (Å²) in [5.41, 5.74) is 1.83. The molecule has 0 radical (unpaired) electrons. The maximum absolute atomic E-state index is 13.1. The summed E-state index contributed by atoms with van der Waals surface area (Å²) >= 11 is 1.57. The molecule has 0 unspecified atom stereocenters. The van der Waals surface area contributed by atoms with Crippen LogP contribution in [0.2, 0.25) is 0 Å². The Bertz CT molecular complexity index is 956. The summed E-state index contributed by atoms with van der Waals surface area (Å²) in [5, 5.41) is 2.82. The number of fused-ring (bicyclic) bond motifs is 1. The summed E-state index contributed by atoms with van der Waals surface area (Å²) in [4.78, 5) is 15.2. The molecular weight excluding hydrogens is 394 g/mol. The van der Waals surface area contributed by atoms with E-state index in [-0.39, 0.29) is 10.8 Å². The molecule has 4 rings (SSSR count). The van der Waals surface area contributed by atoms with Crippen LogP contribution >= 0.6 is 11.8 Å². The molecule has 148 valence electrons. The number of amides is 1. The third kappa shape index (κ3) is 4.25. The molecule has 0 spiro atoms. The Hall–Kier alpha value is -1.87. The molecular formula is C20H23N3O3S2. The van der Waals surface area contributed by atoms with E-state index < -0.39 is 10.0 Å². The van der Waals surface area contributed by atoms with E-state index in [0.29, 0.717) is 44.0 Å². The van der Waals surface area contributed by atoms with Gasteiger partial charge in [0.15, 0.2) is 0 Å². The predicted octanol–water partition coefficient (Wildman–Crippen LogP) is 2.63. The molecule has 1 N–H and O–H groups in total. The first-order chi connectivity index (χ1) is 13.5. The van der Waals surface area contributed by atoms with Crippen molar-refractivity contribution >= 4 is 33.4 Å². The Labute approximate surface area is 170 Å². The van der Waals surface area contributed by atoms with E-state index in [4.69, 9.17) is 0 Å². The van der Waals surface area contributed by atoms with Crippen LogP contribution in [0.25, 0.3) is 0 Å². The van der Waals surface area contributed by atoms with Gasteiger partial charge in [-0.05, 0) is 23.8 Å². The van der Waals surface area contributed by atoms with Crippen LogP contribution in [-0.4, -0.2) is 55.5 Å². The van der Waals surface area contributed by atoms with Gasteiger partial charge in [0.2, 0.25) is 15.9 Å². The second-order valence-corrected chi connectivity index (χ2v) is 10.0. The average Bonchev–Trinajstić information content (AvgIpc) is 2.89. The van der Waals surface area contributed by atoms with Crippen LogP contribution in [0.4, 0.5) is 5.69 Å². The number of thioether (sulfide) groups is 1. The first kappa shape index (κ1) is 19.4. The Morgan fingerprint density at radius 3 is 2.50 bits per heavy atom. The summed E-state index contributed by atoms with van der Waals surface area (Å²) in [6, 6.07) is 15.2. The fourth-order valence-electron chi connectivity index (χ4n) is 3.48. The summed E-state index contributed by atoms with van der Waals surface area (Å²) in [6.07, 6.45) is 0.435. The Balaban J connectivity index is 1.45. The molecule has 6 nitrogen and oxygen atoms in total. The molecule has 28 heavy (non-hydrogen) atoms. The van der Waals surface area contributed by atoms with E-state index in [1.54, 1.807) is 34.3 Å². The second-order valence-electron chi connectivity index (χ2n) is 6.97. The van der Waals surface area contributed by atoms with Gasteiger partial charge in [-0.3, -0.25) is 9.69 Å². The normalized spacial score (nSPS) is 18.9. The van der Waals surface area contributed by atoms with Crippen LogP contribution in [0.3, 0.4) is 0 Å². The molecule has 2 aliphatic heterocycles. The van der Waals surface area contributed by atoms with Crippen molar-refractivity contribution in [2.45, 2.75) is 22.8 Å². The lowest BCUT2D eigenvalue weighted by molar-refractivity contribution is -0.115. The minimum Gasteiger partial charge on any atom is -0.325 e. The van der Waals surface area contributed by atoms with Gasteiger partial charge in [0.1, 0.15) is 0 Å². The lowest BCUT2D eigenvalue weighted by Crippen LogP contribution is -2.48. The average molecular weight is 418 g/mol. The Morgan fingerprint density at radius 1 is 1.00 bits per heavy atom. The van der Waals surface area contributed by atoms with Gasteiger partial charge in [0.05, 0.1) is 10.6 Å². The molecule has 8 heteroatoms. The molecule has 2 aliphatic rings. The summed E-state index contributed by atoms with van der Waals surface area (Å²) in [7, 11) is -3.58. The fourth-order valence-corrected chi connectivity index (χ4v) is 5.86. The first-order valence-corrected chi connectivity index (χ1v) is 11.8. The Morgan fingerprint density at radius 2 is 1.75 bits per heavy atom. The molecule has 0 saturated carbocycles. The third-order valence-corrected chi connectivity index (χ3v) is 8.00. The van der Waals surface area contributed by atoms with Crippen molar-refractivity contribution in [2.24, 2.45) is 0 Å². The number of sulfonamides is 1. The number of rotatable bonds is 4. The number of nitrogens with zero attached hydrogens (tertiary/aromatic N) is 2. The maximum Gasteiger partial charge on any atom is 0.243 e. The molecule has 1 saturated heterocycles. The monoisotopic (exact) mass is 417 g/mol. The van der Waals surface area contributed by atoms with Crippen LogP contribution in [-0.2, 0) is 21.4 Å². The summed E-state index contributed by atoms with van der Waals surface area (Å²) in [5.74, 6) is 0.629. The van der Waals surface area contributed by atoms with Gasteiger partial charge >= 0.3 is 0 Å². The van der Waals surface area contributed by atoms with Gasteiger partial charge in [-0.1, -0.05) is 30.3 Å². The number of carbonyl (C=O) groups excluding carboxylic acids is 1. The number of carbonyl (C=O) groups is 1. The molecule has 0 aliphatic carbocycles. The number of hydrogen-bond donors (Lipinski definition) is 1. The second kappa shape index (κ2) is 8.24. The van der Waals surface area contributed by atoms with E-state index in [1.807, 2.05) is 18.2 Å². The van der Waals surface area contributed by atoms with Gasteiger partial charge in [-0.15, -0.1) is 11.8 Å². The van der Waals surface area contributed by atoms with E-state index >= 15 is 0 Å². The van der Waals surface area contributed by atoms with E-state index in [0.717, 1.165) is 11.4 Å². The topological polar surface area (TPSA) is 69.7 Å². The Kier molecular flexibility index (Phi) is 5.73. The molecule has 2 aromatic carbocycles. The quantitative estimate of drug-likeness (QED) is 0.828. The summed E-state index contributed by atoms with van der Waals surface area (Å²) < 4.78 is 27.7. The van der Waals surface area contributed by atoms with Crippen LogP contribution < -0.4 is 5.32 Å². The van der Waals surface area contributed by atoms with Crippen LogP contribution in [0.15, 0.2) is 58.3 Å². The number of anilines is 1. The highest BCUT2D eigenvalue weighted by Gasteiger charge is 2.29. The van der Waals surface area contributed by atoms with Crippen molar-refractivity contribution in [1.82, 2.24) is 9.21 Å². The smallest absolute Gasteiger partial charge is 0.243 e. The van der Waals surface area contributed by atoms with Crippen molar-refractivity contribution in [2.75, 3.05) is 37.2 Å². The first-order valence-electron chi connectivity index (χ1n) is 9.35. The van der Waals surface area contributed by atoms with Crippen molar-refractivity contribution in [3.8, 4) is 0 Å². The zero-order valence-electron chi connectivity index (χ0n) is 15.5. The minimum absolute atomic E-state index is 0.0738. The third-order valence-electron chi connectivity index (χ3n) is 5.03. The number of hydrogen-bond acceptors (Lipinski definition) is 5. The molecule has 2 aromatic rings. The van der Waals surface area contributed by atoms with E-state index in [1.165, 1.54) is 5.56 Å². The number of benzene rings is 2. The zero-order chi connectivity index (χ0) is 19.6. The van der Waals surface area contributed by atoms with Gasteiger partial charge in [0.25, 0.3) is 0 Å². The number of piperazine rings is 1. The van der Waals surface area contributed by atoms with Crippen molar-refractivity contribution in [3.63, 3.8) is 0 Å². The van der Waals surface area contributed by atoms with E-state index in [9.17, 15) is 13.2 Å². The fraction of sp³-hybridized carbons (Fsp3) is 0.350. The largest absolute Gasteiger partial charge is 0.325 e. The highest BCUT2D eigenvalue weighted by atomic mass is 32.2. The highest BCUT2D eigenvalue weighted by Crippen LogP contribution is 2.33. The van der Waals surface area contributed by atoms with E-state index in [2.05, 4.69) is 22.3 Å². The van der Waals surface area contributed by atoms with Crippen LogP contribution in [0, 0.1) is 0 Å². The standard InChI is InChI=1S/C20H23N3O3S2/c24-20-8-13-27-19-7-6-17(14-18(19)21-20)28(25,26)23-11-9-22(10-12-23)15-16-4-2-1-3-5-16/h1-7,14H,8-13,15H2,(H,21,24). The van der Waals surface area contributed by atoms with Crippen molar-refractivity contribution in [1.29, 1.82) is 0 Å². The van der Waals surface area contributed by atoms with Gasteiger partial charge in [-0.25, -0.2) is 8.42 Å². The van der Waals surface area contributed by atoms with Crippen molar-refractivity contribution in [3.05, 3.63) is 54.1 Å². The predicted molar refractivity (Wildman–Crippen MR) is 111 cm³/mol. The van der Waals surface area contributed by atoms with Gasteiger partial charge in [0, 0.05) is 49.8 Å². The van der Waals surface area contributed by atoms with Gasteiger partial charge < -0.3 is 5.32 Å². The minimum atomic E-state index is -3.58. The molecule has 1 amide bonds. The maximum atomic E-state index is 13.1. The molecule has 2 heterocycles. The van der Waals surface area contributed by atoms with Gasteiger partial charge in [-0.2, -0.15) is 4.31 Å². The van der Waals surface area contributed by atoms with Crippen LogP contribution in [0.5, 0.6) is 0 Å². The SMILES string of the molecule is O=C1CCSc2ccc(S(=O)(=O)N3CCN(Cc4ccccc4)CC3)cc2N1. The number of nitrogens with one attached hydrogen (secondary N) is 1. The lowest BCUT2D eigenvalue weighted by Gasteiger charge is -2.34. The molecule has 0 bridgehead atoms. The molecule has 0 aromatic heterocycles. The van der Waals surface area contributed by atoms with Crippen LogP contribution in [0.1, 0.15) is 12.0 Å². The molecule has 1 fully saturated rings. The lowest BCUT2D eigenvalue weighted by atomic mass is 10.2. The summed E-state index contributed by atoms with van der Waals surface area (Å²) in [6.45, 7) is 3.16. The highest BCUT2D eigenvalue weighted by molar-refractivity contribution is 7.99. The molecule has 0 atom stereocenters. The zero-order valence-corrected chi connectivity index (χ0v) is 17.1.